The van der Waals surface area contributed by atoms with Crippen molar-refractivity contribution in [3.63, 3.8) is 0 Å². The number of anilines is 1. The normalized spacial score (nSPS) is 14.1. The molecule has 0 spiro atoms. The summed E-state index contributed by atoms with van der Waals surface area (Å²) in [6.45, 7) is 1.37. The summed E-state index contributed by atoms with van der Waals surface area (Å²) in [5.41, 5.74) is 8.91. The van der Waals surface area contributed by atoms with Crippen LogP contribution in [0.2, 0.25) is 0 Å². The molecular formula is C17H16F2N6O. The van der Waals surface area contributed by atoms with Crippen molar-refractivity contribution in [2.75, 3.05) is 31.1 Å². The monoisotopic (exact) mass is 358 g/mol. The topological polar surface area (TPSA) is 85.2 Å². The molecule has 0 aliphatic carbocycles. The minimum Gasteiger partial charge on any atom is -0.363 e. The zero-order chi connectivity index (χ0) is 18.5. The number of hydrogen-bond donors (Lipinski definition) is 0. The van der Waals surface area contributed by atoms with Crippen molar-refractivity contribution in [3.8, 4) is 0 Å². The van der Waals surface area contributed by atoms with Crippen LogP contribution < -0.4 is 4.90 Å². The van der Waals surface area contributed by atoms with E-state index in [-0.39, 0.29) is 23.7 Å². The molecule has 26 heavy (non-hydrogen) atoms. The average molecular weight is 358 g/mol. The molecule has 7 nitrogen and oxygen atoms in total. The van der Waals surface area contributed by atoms with E-state index >= 15 is 0 Å². The predicted molar refractivity (Wildman–Crippen MR) is 91.9 cm³/mol. The Morgan fingerprint density at radius 3 is 2.50 bits per heavy atom. The van der Waals surface area contributed by atoms with Gasteiger partial charge >= 0.3 is 0 Å². The number of nitrogens with zero attached hydrogens (tertiary/aromatic N) is 6. The highest BCUT2D eigenvalue weighted by Crippen LogP contribution is 2.29. The Morgan fingerprint density at radius 1 is 1.23 bits per heavy atom. The van der Waals surface area contributed by atoms with Crippen LogP contribution in [0.1, 0.15) is 5.56 Å². The molecule has 0 unspecified atom stereocenters. The van der Waals surface area contributed by atoms with Gasteiger partial charge in [0.1, 0.15) is 17.3 Å². The van der Waals surface area contributed by atoms with Crippen molar-refractivity contribution in [1.29, 1.82) is 0 Å². The molecule has 3 rings (SSSR count). The Hall–Kier alpha value is -3.19. The van der Waals surface area contributed by atoms with Gasteiger partial charge in [-0.1, -0.05) is 11.2 Å². The van der Waals surface area contributed by atoms with Crippen LogP contribution in [0.15, 0.2) is 41.8 Å². The molecule has 0 saturated carbocycles. The molecule has 1 aliphatic rings. The van der Waals surface area contributed by atoms with Gasteiger partial charge in [0.2, 0.25) is 5.91 Å². The zero-order valence-corrected chi connectivity index (χ0v) is 13.8. The third kappa shape index (κ3) is 3.89. The van der Waals surface area contributed by atoms with Gasteiger partial charge in [0, 0.05) is 49.2 Å². The summed E-state index contributed by atoms with van der Waals surface area (Å²) in [6, 6.07) is 5.60. The van der Waals surface area contributed by atoms with Gasteiger partial charge in [-0.3, -0.25) is 9.78 Å². The third-order valence-corrected chi connectivity index (χ3v) is 4.19. The van der Waals surface area contributed by atoms with Crippen LogP contribution in [0.4, 0.5) is 20.2 Å². The number of hydrogen-bond acceptors (Lipinski definition) is 4. The van der Waals surface area contributed by atoms with Crippen molar-refractivity contribution in [3.05, 3.63) is 64.3 Å². The molecule has 1 fully saturated rings. The number of benzene rings is 1. The molecule has 1 saturated heterocycles. The van der Waals surface area contributed by atoms with E-state index in [1.807, 2.05) is 6.07 Å². The van der Waals surface area contributed by atoms with Gasteiger partial charge in [0.25, 0.3) is 0 Å². The smallest absolute Gasteiger partial charge is 0.227 e. The summed E-state index contributed by atoms with van der Waals surface area (Å²) in [4.78, 5) is 22.1. The maximum absolute atomic E-state index is 14.2. The second-order valence-corrected chi connectivity index (χ2v) is 5.85. The van der Waals surface area contributed by atoms with Crippen molar-refractivity contribution < 1.29 is 13.6 Å². The maximum Gasteiger partial charge on any atom is 0.227 e. The van der Waals surface area contributed by atoms with Crippen LogP contribution in [0.25, 0.3) is 10.4 Å². The number of rotatable bonds is 4. The van der Waals surface area contributed by atoms with Gasteiger partial charge in [0.05, 0.1) is 6.42 Å². The number of amides is 1. The van der Waals surface area contributed by atoms with Crippen molar-refractivity contribution in [2.45, 2.75) is 6.42 Å². The van der Waals surface area contributed by atoms with E-state index in [1.54, 1.807) is 28.3 Å². The molecule has 0 N–H and O–H groups in total. The van der Waals surface area contributed by atoms with Gasteiger partial charge in [-0.05, 0) is 29.3 Å². The standard InChI is InChI=1S/C17H16F2N6O/c18-14-9-13(22-23-20)10-15(19)17(14)25-6-4-24(5-7-25)16(26)8-12-2-1-3-21-11-12/h1-3,9-11H,4-8H2. The van der Waals surface area contributed by atoms with Gasteiger partial charge in [0.15, 0.2) is 0 Å². The van der Waals surface area contributed by atoms with Crippen LogP contribution in [0.3, 0.4) is 0 Å². The molecule has 0 atom stereocenters. The van der Waals surface area contributed by atoms with Gasteiger partial charge < -0.3 is 9.80 Å². The summed E-state index contributed by atoms with van der Waals surface area (Å²) in [5.74, 6) is -1.62. The lowest BCUT2D eigenvalue weighted by molar-refractivity contribution is -0.130. The lowest BCUT2D eigenvalue weighted by Crippen LogP contribution is -2.49. The number of carbonyl (C=O) groups excluding carboxylic acids is 1. The fourth-order valence-electron chi connectivity index (χ4n) is 2.93. The SMILES string of the molecule is [N-]=[N+]=Nc1cc(F)c(N2CCN(C(=O)Cc3cccnc3)CC2)c(F)c1. The van der Waals surface area contributed by atoms with E-state index in [1.165, 1.54) is 0 Å². The number of carbonyl (C=O) groups is 1. The molecule has 1 amide bonds. The van der Waals surface area contributed by atoms with Gasteiger partial charge in [-0.25, -0.2) is 8.78 Å². The average Bonchev–Trinajstić information content (AvgIpc) is 2.63. The summed E-state index contributed by atoms with van der Waals surface area (Å²) < 4.78 is 28.4. The molecule has 1 aromatic carbocycles. The molecule has 2 aromatic rings. The van der Waals surface area contributed by atoms with Crippen LogP contribution in [0, 0.1) is 11.6 Å². The summed E-state index contributed by atoms with van der Waals surface area (Å²) in [5, 5.41) is 3.21. The molecular weight excluding hydrogens is 342 g/mol. The van der Waals surface area contributed by atoms with Crippen LogP contribution in [-0.4, -0.2) is 42.0 Å². The van der Waals surface area contributed by atoms with E-state index in [4.69, 9.17) is 5.53 Å². The maximum atomic E-state index is 14.2. The number of pyridine rings is 1. The van der Waals surface area contributed by atoms with Gasteiger partial charge in [-0.2, -0.15) is 0 Å². The van der Waals surface area contributed by atoms with E-state index in [0.717, 1.165) is 17.7 Å². The second kappa shape index (κ2) is 7.79. The molecule has 0 bridgehead atoms. The second-order valence-electron chi connectivity index (χ2n) is 5.85. The first kappa shape index (κ1) is 17.6. The highest BCUT2D eigenvalue weighted by atomic mass is 19.1. The first-order valence-electron chi connectivity index (χ1n) is 8.04. The molecule has 9 heteroatoms. The largest absolute Gasteiger partial charge is 0.363 e. The fraction of sp³-hybridized carbons (Fsp3) is 0.294. The number of azide groups is 1. The molecule has 0 radical (unpaired) electrons. The third-order valence-electron chi connectivity index (χ3n) is 4.19. The van der Waals surface area contributed by atoms with E-state index < -0.39 is 11.6 Å². The summed E-state index contributed by atoms with van der Waals surface area (Å²) >= 11 is 0. The predicted octanol–water partition coefficient (Wildman–Crippen LogP) is 3.19. The Bertz CT molecular complexity index is 823. The number of aromatic nitrogens is 1. The van der Waals surface area contributed by atoms with E-state index in [0.29, 0.717) is 26.2 Å². The van der Waals surface area contributed by atoms with Crippen molar-refractivity contribution >= 4 is 17.3 Å². The van der Waals surface area contributed by atoms with Crippen LogP contribution >= 0.6 is 0 Å². The molecule has 2 heterocycles. The zero-order valence-electron chi connectivity index (χ0n) is 13.8. The fourth-order valence-corrected chi connectivity index (χ4v) is 2.93. The number of halogens is 2. The lowest BCUT2D eigenvalue weighted by atomic mass is 10.1. The molecule has 134 valence electrons. The summed E-state index contributed by atoms with van der Waals surface area (Å²) in [7, 11) is 0. The van der Waals surface area contributed by atoms with Gasteiger partial charge in [-0.15, -0.1) is 0 Å². The Balaban J connectivity index is 1.65. The quantitative estimate of drug-likeness (QED) is 0.478. The summed E-state index contributed by atoms with van der Waals surface area (Å²) in [6.07, 6.45) is 3.53. The highest BCUT2D eigenvalue weighted by molar-refractivity contribution is 5.79. The van der Waals surface area contributed by atoms with Crippen molar-refractivity contribution in [1.82, 2.24) is 9.88 Å². The Morgan fingerprint density at radius 2 is 1.92 bits per heavy atom. The Labute approximate surface area is 148 Å². The van der Waals surface area contributed by atoms with E-state index in [9.17, 15) is 13.6 Å². The first-order valence-corrected chi connectivity index (χ1v) is 8.04. The number of piperazine rings is 1. The van der Waals surface area contributed by atoms with E-state index in [2.05, 4.69) is 15.0 Å². The Kier molecular flexibility index (Phi) is 5.28. The first-order chi connectivity index (χ1) is 12.6. The molecule has 1 aliphatic heterocycles. The highest BCUT2D eigenvalue weighted by Gasteiger charge is 2.25. The van der Waals surface area contributed by atoms with Crippen LogP contribution in [0.5, 0.6) is 0 Å². The minimum absolute atomic E-state index is 0.0442. The minimum atomic E-state index is -0.789. The lowest BCUT2D eigenvalue weighted by Gasteiger charge is -2.36. The molecule has 1 aromatic heterocycles. The van der Waals surface area contributed by atoms with Crippen LogP contribution in [-0.2, 0) is 11.2 Å². The van der Waals surface area contributed by atoms with Crippen molar-refractivity contribution in [2.24, 2.45) is 5.11 Å².